The molecule has 0 radical (unpaired) electrons. The van der Waals surface area contributed by atoms with E-state index in [9.17, 15) is 8.42 Å². The fourth-order valence-electron chi connectivity index (χ4n) is 1.26. The molecule has 1 aromatic rings. The predicted octanol–water partition coefficient (Wildman–Crippen LogP) is 1.22. The summed E-state index contributed by atoms with van der Waals surface area (Å²) in [6, 6.07) is 5.36. The third-order valence-corrected chi connectivity index (χ3v) is 2.86. The molecule has 0 saturated heterocycles. The summed E-state index contributed by atoms with van der Waals surface area (Å²) >= 11 is 0. The van der Waals surface area contributed by atoms with Crippen molar-refractivity contribution in [3.63, 3.8) is 0 Å². The Hall–Kier alpha value is -1.03. The van der Waals surface area contributed by atoms with Crippen LogP contribution >= 0.6 is 0 Å². The highest BCUT2D eigenvalue weighted by atomic mass is 32.2. The van der Waals surface area contributed by atoms with Crippen LogP contribution in [0.15, 0.2) is 18.2 Å². The molecule has 0 fully saturated rings. The molecule has 64 valence electrons. The zero-order valence-corrected chi connectivity index (χ0v) is 7.39. The average molecular weight is 184 g/mol. The van der Waals surface area contributed by atoms with Gasteiger partial charge in [0.2, 0.25) is 0 Å². The summed E-state index contributed by atoms with van der Waals surface area (Å²) in [5, 5.41) is 0. The highest BCUT2D eigenvalue weighted by Crippen LogP contribution is 2.30. The molecule has 4 heteroatoms. The van der Waals surface area contributed by atoms with Gasteiger partial charge in [0.25, 0.3) is 0 Å². The third kappa shape index (κ3) is 1.18. The fourth-order valence-corrected chi connectivity index (χ4v) is 2.36. The van der Waals surface area contributed by atoms with Gasteiger partial charge in [-0.1, -0.05) is 17.7 Å². The third-order valence-electron chi connectivity index (χ3n) is 1.77. The Bertz CT molecular complexity index is 420. The maximum atomic E-state index is 11.0. The smallest absolute Gasteiger partial charge is 0.313 e. The minimum absolute atomic E-state index is 0.00398. The lowest BCUT2D eigenvalue weighted by atomic mass is 10.1. The first kappa shape index (κ1) is 7.61. The van der Waals surface area contributed by atoms with E-state index in [0.717, 1.165) is 11.1 Å². The van der Waals surface area contributed by atoms with Crippen molar-refractivity contribution in [2.75, 3.05) is 0 Å². The van der Waals surface area contributed by atoms with E-state index >= 15 is 0 Å². The molecular formula is C8H8O3S. The highest BCUT2D eigenvalue weighted by Gasteiger charge is 2.25. The van der Waals surface area contributed by atoms with Crippen LogP contribution in [-0.4, -0.2) is 8.42 Å². The van der Waals surface area contributed by atoms with Crippen molar-refractivity contribution in [3.05, 3.63) is 29.3 Å². The largest absolute Gasteiger partial charge is 0.382 e. The van der Waals surface area contributed by atoms with Crippen molar-refractivity contribution in [1.82, 2.24) is 0 Å². The Morgan fingerprint density at radius 2 is 2.17 bits per heavy atom. The maximum Gasteiger partial charge on any atom is 0.313 e. The molecule has 0 aliphatic carbocycles. The molecule has 1 aromatic carbocycles. The zero-order chi connectivity index (χ0) is 8.77. The number of benzene rings is 1. The summed E-state index contributed by atoms with van der Waals surface area (Å²) in [6.07, 6.45) is 0. The molecule has 0 amide bonds. The minimum atomic E-state index is -3.32. The van der Waals surface area contributed by atoms with Crippen LogP contribution in [0.1, 0.15) is 11.1 Å². The SMILES string of the molecule is Cc1ccc2c(c1)CS(=O)(=O)O2. The van der Waals surface area contributed by atoms with Gasteiger partial charge in [-0.25, -0.2) is 0 Å². The van der Waals surface area contributed by atoms with E-state index in [0.29, 0.717) is 5.75 Å². The second-order valence-electron chi connectivity index (χ2n) is 2.90. The summed E-state index contributed by atoms with van der Waals surface area (Å²) in [4.78, 5) is 0. The second kappa shape index (κ2) is 2.23. The molecule has 1 heterocycles. The molecule has 0 unspecified atom stereocenters. The van der Waals surface area contributed by atoms with Crippen LogP contribution < -0.4 is 4.18 Å². The fraction of sp³-hybridized carbons (Fsp3) is 0.250. The van der Waals surface area contributed by atoms with Gasteiger partial charge >= 0.3 is 10.1 Å². The summed E-state index contributed by atoms with van der Waals surface area (Å²) in [7, 11) is -3.32. The standard InChI is InChI=1S/C8H8O3S/c1-6-2-3-8-7(4-6)5-12(9,10)11-8/h2-4H,5H2,1H3. The molecule has 0 N–H and O–H groups in total. The van der Waals surface area contributed by atoms with Crippen molar-refractivity contribution in [2.24, 2.45) is 0 Å². The monoisotopic (exact) mass is 184 g/mol. The molecule has 12 heavy (non-hydrogen) atoms. The van der Waals surface area contributed by atoms with Gasteiger partial charge in [0.05, 0.1) is 0 Å². The first-order valence-electron chi connectivity index (χ1n) is 3.58. The van der Waals surface area contributed by atoms with Crippen LogP contribution in [0.25, 0.3) is 0 Å². The van der Waals surface area contributed by atoms with Crippen molar-refractivity contribution >= 4 is 10.1 Å². The Balaban J connectivity index is 2.56. The molecular weight excluding hydrogens is 176 g/mol. The summed E-state index contributed by atoms with van der Waals surface area (Å²) in [6.45, 7) is 1.92. The number of hydrogen-bond donors (Lipinski definition) is 0. The second-order valence-corrected chi connectivity index (χ2v) is 4.47. The quantitative estimate of drug-likeness (QED) is 0.569. The summed E-state index contributed by atoms with van der Waals surface area (Å²) in [5.74, 6) is 0.477. The Morgan fingerprint density at radius 3 is 2.92 bits per heavy atom. The van der Waals surface area contributed by atoms with Crippen molar-refractivity contribution < 1.29 is 12.6 Å². The molecule has 0 spiro atoms. The zero-order valence-electron chi connectivity index (χ0n) is 6.57. The lowest BCUT2D eigenvalue weighted by Gasteiger charge is -1.95. The van der Waals surface area contributed by atoms with E-state index in [-0.39, 0.29) is 5.75 Å². The van der Waals surface area contributed by atoms with Crippen LogP contribution in [0.2, 0.25) is 0 Å². The Labute approximate surface area is 71.1 Å². The van der Waals surface area contributed by atoms with Crippen LogP contribution in [0.5, 0.6) is 5.75 Å². The first-order valence-corrected chi connectivity index (χ1v) is 5.16. The van der Waals surface area contributed by atoms with Crippen molar-refractivity contribution in [2.45, 2.75) is 12.7 Å². The van der Waals surface area contributed by atoms with Crippen LogP contribution in [0, 0.1) is 6.92 Å². The number of fused-ring (bicyclic) bond motifs is 1. The predicted molar refractivity (Wildman–Crippen MR) is 44.4 cm³/mol. The van der Waals surface area contributed by atoms with Crippen molar-refractivity contribution in [3.8, 4) is 5.75 Å². The van der Waals surface area contributed by atoms with Crippen LogP contribution in [-0.2, 0) is 15.9 Å². The van der Waals surface area contributed by atoms with Gasteiger partial charge in [-0.05, 0) is 13.0 Å². The lowest BCUT2D eigenvalue weighted by molar-refractivity contribution is 0.499. The Kier molecular flexibility index (Phi) is 1.41. The summed E-state index contributed by atoms with van der Waals surface area (Å²) in [5.41, 5.74) is 1.81. The maximum absolute atomic E-state index is 11.0. The van der Waals surface area contributed by atoms with E-state index in [1.54, 1.807) is 6.07 Å². The van der Waals surface area contributed by atoms with Gasteiger partial charge < -0.3 is 4.18 Å². The molecule has 0 saturated carbocycles. The topological polar surface area (TPSA) is 43.4 Å². The van der Waals surface area contributed by atoms with Gasteiger partial charge in [-0.2, -0.15) is 8.42 Å². The lowest BCUT2D eigenvalue weighted by Crippen LogP contribution is -2.02. The van der Waals surface area contributed by atoms with Crippen molar-refractivity contribution in [1.29, 1.82) is 0 Å². The van der Waals surface area contributed by atoms with E-state index in [1.807, 2.05) is 19.1 Å². The van der Waals surface area contributed by atoms with E-state index in [1.165, 1.54) is 0 Å². The molecule has 0 atom stereocenters. The normalized spacial score (nSPS) is 18.4. The molecule has 2 rings (SSSR count). The van der Waals surface area contributed by atoms with E-state index in [4.69, 9.17) is 4.18 Å². The number of rotatable bonds is 0. The van der Waals surface area contributed by atoms with Gasteiger partial charge in [-0.3, -0.25) is 0 Å². The molecule has 0 bridgehead atoms. The average Bonchev–Trinajstić information content (AvgIpc) is 2.21. The van der Waals surface area contributed by atoms with Gasteiger partial charge in [-0.15, -0.1) is 0 Å². The number of aryl methyl sites for hydroxylation is 1. The Morgan fingerprint density at radius 1 is 1.42 bits per heavy atom. The van der Waals surface area contributed by atoms with Gasteiger partial charge in [0.1, 0.15) is 11.5 Å². The summed E-state index contributed by atoms with van der Waals surface area (Å²) < 4.78 is 26.7. The molecule has 3 nitrogen and oxygen atoms in total. The van der Waals surface area contributed by atoms with E-state index < -0.39 is 10.1 Å². The molecule has 1 aliphatic heterocycles. The molecule has 1 aliphatic rings. The van der Waals surface area contributed by atoms with Crippen LogP contribution in [0.3, 0.4) is 0 Å². The van der Waals surface area contributed by atoms with Gasteiger partial charge in [0, 0.05) is 5.56 Å². The first-order chi connectivity index (χ1) is 5.57. The van der Waals surface area contributed by atoms with Gasteiger partial charge in [0.15, 0.2) is 0 Å². The van der Waals surface area contributed by atoms with E-state index in [2.05, 4.69) is 0 Å². The highest BCUT2D eigenvalue weighted by molar-refractivity contribution is 7.86. The van der Waals surface area contributed by atoms with Crippen LogP contribution in [0.4, 0.5) is 0 Å². The minimum Gasteiger partial charge on any atom is -0.382 e. The molecule has 0 aromatic heterocycles. The number of hydrogen-bond acceptors (Lipinski definition) is 3.